The van der Waals surface area contributed by atoms with Crippen LogP contribution < -0.4 is 10.2 Å². The fourth-order valence-electron chi connectivity index (χ4n) is 4.03. The third-order valence-electron chi connectivity index (χ3n) is 5.78. The Balaban J connectivity index is 1.56. The van der Waals surface area contributed by atoms with Gasteiger partial charge >= 0.3 is 5.97 Å². The van der Waals surface area contributed by atoms with Crippen LogP contribution in [0.5, 0.6) is 0 Å². The van der Waals surface area contributed by atoms with E-state index in [4.69, 9.17) is 26.1 Å². The molecule has 3 heterocycles. The molecule has 184 valence electrons. The van der Waals surface area contributed by atoms with Crippen LogP contribution in [0.4, 0.5) is 21.6 Å². The van der Waals surface area contributed by atoms with Crippen LogP contribution in [0, 0.1) is 5.82 Å². The lowest BCUT2D eigenvalue weighted by Gasteiger charge is -2.28. The van der Waals surface area contributed by atoms with E-state index in [9.17, 15) is 9.18 Å². The summed E-state index contributed by atoms with van der Waals surface area (Å²) in [6.07, 6.45) is 1.56. The van der Waals surface area contributed by atoms with Crippen LogP contribution in [0.1, 0.15) is 17.3 Å². The zero-order valence-electron chi connectivity index (χ0n) is 19.5. The van der Waals surface area contributed by atoms with Crippen molar-refractivity contribution in [1.82, 2.24) is 15.2 Å². The SMILES string of the molecule is CCOC(=O)c1ccc2c(Nc3cnnc(-c4cc(Cl)ccc4F)c3)cc(N3CCOCC3)nc2c1. The van der Waals surface area contributed by atoms with E-state index in [1.165, 1.54) is 18.2 Å². The maximum absolute atomic E-state index is 14.4. The van der Waals surface area contributed by atoms with Crippen molar-refractivity contribution in [3.8, 4) is 11.3 Å². The fourth-order valence-corrected chi connectivity index (χ4v) is 4.20. The van der Waals surface area contributed by atoms with E-state index in [1.54, 1.807) is 31.3 Å². The topological polar surface area (TPSA) is 89.5 Å². The van der Waals surface area contributed by atoms with Crippen molar-refractivity contribution < 1.29 is 18.7 Å². The van der Waals surface area contributed by atoms with Crippen LogP contribution in [0.25, 0.3) is 22.2 Å². The first-order valence-corrected chi connectivity index (χ1v) is 11.9. The minimum Gasteiger partial charge on any atom is -0.462 e. The van der Waals surface area contributed by atoms with Gasteiger partial charge in [-0.25, -0.2) is 14.2 Å². The number of pyridine rings is 1. The van der Waals surface area contributed by atoms with Gasteiger partial charge in [-0.05, 0) is 49.4 Å². The van der Waals surface area contributed by atoms with Gasteiger partial charge < -0.3 is 19.7 Å². The Hall–Kier alpha value is -3.82. The highest BCUT2D eigenvalue weighted by Gasteiger charge is 2.17. The second-order valence-electron chi connectivity index (χ2n) is 8.16. The lowest BCUT2D eigenvalue weighted by atomic mass is 10.1. The van der Waals surface area contributed by atoms with Crippen LogP contribution in [0.2, 0.25) is 5.02 Å². The second kappa shape index (κ2) is 10.4. The Bertz CT molecular complexity index is 1430. The zero-order chi connectivity index (χ0) is 25.1. The van der Waals surface area contributed by atoms with E-state index >= 15 is 0 Å². The summed E-state index contributed by atoms with van der Waals surface area (Å²) in [5.41, 5.74) is 3.01. The summed E-state index contributed by atoms with van der Waals surface area (Å²) in [6, 6.07) is 13.2. The number of fused-ring (bicyclic) bond motifs is 1. The Labute approximate surface area is 212 Å². The van der Waals surface area contributed by atoms with Crippen molar-refractivity contribution in [2.24, 2.45) is 0 Å². The molecule has 0 bridgehead atoms. The summed E-state index contributed by atoms with van der Waals surface area (Å²) < 4.78 is 25.1. The first kappa shape index (κ1) is 23.9. The van der Waals surface area contributed by atoms with Gasteiger partial charge in [0, 0.05) is 35.1 Å². The molecule has 1 aliphatic heterocycles. The number of hydrogen-bond acceptors (Lipinski definition) is 8. The highest BCUT2D eigenvalue weighted by atomic mass is 35.5. The molecule has 0 saturated carbocycles. The Morgan fingerprint density at radius 1 is 1.17 bits per heavy atom. The number of halogens is 2. The van der Waals surface area contributed by atoms with Gasteiger partial charge in [-0.2, -0.15) is 10.2 Å². The molecule has 0 unspecified atom stereocenters. The van der Waals surface area contributed by atoms with Gasteiger partial charge in [0.2, 0.25) is 0 Å². The average Bonchev–Trinajstić information content (AvgIpc) is 2.90. The van der Waals surface area contributed by atoms with Gasteiger partial charge in [-0.3, -0.25) is 0 Å². The number of carbonyl (C=O) groups is 1. The largest absolute Gasteiger partial charge is 0.462 e. The lowest BCUT2D eigenvalue weighted by Crippen LogP contribution is -2.36. The van der Waals surface area contributed by atoms with Crippen LogP contribution >= 0.6 is 11.6 Å². The standard InChI is InChI=1S/C26H23ClFN5O3/c1-2-36-26(34)16-3-5-19-22(11-16)31-25(33-7-9-35-10-8-33)14-23(19)30-18-13-24(32-29-15-18)20-12-17(27)4-6-21(20)28/h3-6,11-15H,2,7-10H2,1H3,(H,30,31,32). The molecule has 0 spiro atoms. The summed E-state index contributed by atoms with van der Waals surface area (Å²) in [6.45, 7) is 4.66. The normalized spacial score (nSPS) is 13.6. The summed E-state index contributed by atoms with van der Waals surface area (Å²) in [4.78, 5) is 19.3. The number of hydrogen-bond donors (Lipinski definition) is 1. The average molecular weight is 508 g/mol. The van der Waals surface area contributed by atoms with Gasteiger partial charge in [0.1, 0.15) is 11.6 Å². The van der Waals surface area contributed by atoms with Crippen molar-refractivity contribution in [2.45, 2.75) is 6.92 Å². The molecule has 10 heteroatoms. The van der Waals surface area contributed by atoms with E-state index in [2.05, 4.69) is 20.4 Å². The first-order valence-electron chi connectivity index (χ1n) is 11.5. The maximum atomic E-state index is 14.4. The third-order valence-corrected chi connectivity index (χ3v) is 6.02. The summed E-state index contributed by atoms with van der Waals surface area (Å²) >= 11 is 6.06. The zero-order valence-corrected chi connectivity index (χ0v) is 20.3. The number of esters is 1. The minimum absolute atomic E-state index is 0.256. The second-order valence-corrected chi connectivity index (χ2v) is 8.59. The summed E-state index contributed by atoms with van der Waals surface area (Å²) in [5.74, 6) is -0.0993. The van der Waals surface area contributed by atoms with Crippen molar-refractivity contribution >= 4 is 45.7 Å². The molecule has 5 rings (SSSR count). The molecule has 0 radical (unpaired) electrons. The number of morpholine rings is 1. The van der Waals surface area contributed by atoms with E-state index in [0.29, 0.717) is 53.8 Å². The first-order chi connectivity index (χ1) is 17.5. The fraction of sp³-hybridized carbons (Fsp3) is 0.231. The van der Waals surface area contributed by atoms with Crippen molar-refractivity contribution in [3.63, 3.8) is 0 Å². The molecule has 36 heavy (non-hydrogen) atoms. The van der Waals surface area contributed by atoms with Crippen molar-refractivity contribution in [1.29, 1.82) is 0 Å². The molecule has 8 nitrogen and oxygen atoms in total. The quantitative estimate of drug-likeness (QED) is 0.354. The highest BCUT2D eigenvalue weighted by molar-refractivity contribution is 6.30. The van der Waals surface area contributed by atoms with Crippen LogP contribution in [0.3, 0.4) is 0 Å². The van der Waals surface area contributed by atoms with Gasteiger partial charge in [0.05, 0.1) is 54.2 Å². The molecule has 2 aromatic carbocycles. The van der Waals surface area contributed by atoms with Crippen molar-refractivity contribution in [2.75, 3.05) is 43.1 Å². The molecular formula is C26H23ClFN5O3. The Morgan fingerprint density at radius 2 is 2.00 bits per heavy atom. The third kappa shape index (κ3) is 5.07. The van der Waals surface area contributed by atoms with Crippen LogP contribution in [-0.4, -0.2) is 54.1 Å². The van der Waals surface area contributed by atoms with Crippen LogP contribution in [0.15, 0.2) is 54.7 Å². The number of nitrogens with zero attached hydrogens (tertiary/aromatic N) is 4. The van der Waals surface area contributed by atoms with Gasteiger partial charge in [0.15, 0.2) is 0 Å². The molecule has 1 aliphatic rings. The Kier molecular flexibility index (Phi) is 6.92. The number of aromatic nitrogens is 3. The van der Waals surface area contributed by atoms with Gasteiger partial charge in [0.25, 0.3) is 0 Å². The van der Waals surface area contributed by atoms with Gasteiger partial charge in [-0.15, -0.1) is 0 Å². The lowest BCUT2D eigenvalue weighted by molar-refractivity contribution is 0.0526. The summed E-state index contributed by atoms with van der Waals surface area (Å²) in [5, 5.41) is 12.7. The molecule has 4 aromatic rings. The number of benzene rings is 2. The predicted molar refractivity (Wildman–Crippen MR) is 136 cm³/mol. The molecule has 1 saturated heterocycles. The van der Waals surface area contributed by atoms with E-state index in [1.807, 2.05) is 12.1 Å². The number of anilines is 3. The number of carbonyl (C=O) groups excluding carboxylic acids is 1. The molecular weight excluding hydrogens is 485 g/mol. The van der Waals surface area contributed by atoms with Gasteiger partial charge in [-0.1, -0.05) is 11.6 Å². The number of rotatable bonds is 6. The minimum atomic E-state index is -0.443. The van der Waals surface area contributed by atoms with Crippen LogP contribution in [-0.2, 0) is 9.47 Å². The van der Waals surface area contributed by atoms with Crippen molar-refractivity contribution in [3.05, 3.63) is 71.1 Å². The molecule has 0 aliphatic carbocycles. The number of ether oxygens (including phenoxy) is 2. The summed E-state index contributed by atoms with van der Waals surface area (Å²) in [7, 11) is 0. The van der Waals surface area contributed by atoms with E-state index in [0.717, 1.165) is 16.9 Å². The maximum Gasteiger partial charge on any atom is 0.338 e. The molecule has 1 fully saturated rings. The van der Waals surface area contributed by atoms with E-state index < -0.39 is 11.8 Å². The Morgan fingerprint density at radius 3 is 2.81 bits per heavy atom. The molecule has 2 aromatic heterocycles. The van der Waals surface area contributed by atoms with E-state index in [-0.39, 0.29) is 12.2 Å². The predicted octanol–water partition coefficient (Wildman–Crippen LogP) is 5.24. The highest BCUT2D eigenvalue weighted by Crippen LogP contribution is 2.32. The molecule has 0 amide bonds. The molecule has 0 atom stereocenters. The molecule has 1 N–H and O–H groups in total. The number of nitrogens with one attached hydrogen (secondary N) is 1. The monoisotopic (exact) mass is 507 g/mol. The smallest absolute Gasteiger partial charge is 0.338 e.